The highest BCUT2D eigenvalue weighted by atomic mass is 32.2. The molecule has 8 nitrogen and oxygen atoms in total. The SMILES string of the molecule is C=NC(=NS(=O)(=O)c1ccc2c(c1)OCC[C@H]2c1ccc(C(F)(F)F)cc1-c1ccc(C(=O)OC(C)(C)C)cc1)N/C=C(\C)F. The maximum atomic E-state index is 13.8. The van der Waals surface area contributed by atoms with E-state index in [0.717, 1.165) is 25.3 Å². The largest absolute Gasteiger partial charge is 0.493 e. The third kappa shape index (κ3) is 8.15. The Bertz CT molecular complexity index is 1770. The van der Waals surface area contributed by atoms with Gasteiger partial charge in [0.05, 0.1) is 22.6 Å². The quantitative estimate of drug-likeness (QED) is 0.130. The molecule has 0 fully saturated rings. The normalized spacial score (nSPS) is 16.0. The van der Waals surface area contributed by atoms with Gasteiger partial charge in [-0.3, -0.25) is 0 Å². The lowest BCUT2D eigenvalue weighted by atomic mass is 9.82. The number of ether oxygens (including phenoxy) is 2. The Balaban J connectivity index is 1.76. The highest BCUT2D eigenvalue weighted by molar-refractivity contribution is 7.90. The molecule has 4 rings (SSSR count). The van der Waals surface area contributed by atoms with Crippen LogP contribution in [0.3, 0.4) is 0 Å². The van der Waals surface area contributed by atoms with Crippen molar-refractivity contribution in [3.8, 4) is 16.9 Å². The van der Waals surface area contributed by atoms with Gasteiger partial charge >= 0.3 is 12.1 Å². The zero-order chi connectivity index (χ0) is 33.2. The van der Waals surface area contributed by atoms with Crippen molar-refractivity contribution in [2.24, 2.45) is 9.39 Å². The number of rotatable bonds is 6. The molecule has 0 saturated heterocycles. The first-order chi connectivity index (χ1) is 21.0. The standard InChI is InChI=1S/C32H31F4N3O5S/c1-19(33)18-38-30(37-5)39-45(41,42)23-11-13-26-25(14-15-43-28(26)17-23)24-12-10-22(32(34,35)36)16-27(24)20-6-8-21(9-7-20)29(40)44-31(2,3)4/h6-13,16-18,25H,5,14-15H2,1-4H3,(H,38,39)/b19-18+/t25-/m0/s1. The number of benzene rings is 3. The van der Waals surface area contributed by atoms with Crippen LogP contribution in [0.5, 0.6) is 5.75 Å². The van der Waals surface area contributed by atoms with Gasteiger partial charge in [-0.15, -0.1) is 4.40 Å². The summed E-state index contributed by atoms with van der Waals surface area (Å²) in [5.74, 6) is -1.89. The zero-order valence-corrected chi connectivity index (χ0v) is 25.7. The van der Waals surface area contributed by atoms with Gasteiger partial charge in [-0.1, -0.05) is 24.3 Å². The van der Waals surface area contributed by atoms with Gasteiger partial charge in [-0.05, 0) is 87.9 Å². The molecule has 3 aromatic carbocycles. The molecular weight excluding hydrogens is 614 g/mol. The lowest BCUT2D eigenvalue weighted by Gasteiger charge is -2.29. The summed E-state index contributed by atoms with van der Waals surface area (Å²) in [5.41, 5.74) is 0.536. The maximum absolute atomic E-state index is 13.8. The van der Waals surface area contributed by atoms with E-state index in [2.05, 4.69) is 21.4 Å². The van der Waals surface area contributed by atoms with Crippen molar-refractivity contribution >= 4 is 28.7 Å². The van der Waals surface area contributed by atoms with E-state index in [4.69, 9.17) is 9.47 Å². The van der Waals surface area contributed by atoms with E-state index < -0.39 is 51.0 Å². The Morgan fingerprint density at radius 3 is 2.31 bits per heavy atom. The Morgan fingerprint density at radius 2 is 1.71 bits per heavy atom. The van der Waals surface area contributed by atoms with E-state index in [1.807, 2.05) is 0 Å². The number of hydrogen-bond donors (Lipinski definition) is 1. The summed E-state index contributed by atoms with van der Waals surface area (Å²) in [5, 5.41) is 2.31. The van der Waals surface area contributed by atoms with E-state index in [1.54, 1.807) is 32.9 Å². The molecule has 1 N–H and O–H groups in total. The molecule has 1 atom stereocenters. The number of fused-ring (bicyclic) bond motifs is 1. The van der Waals surface area contributed by atoms with Crippen LogP contribution in [0, 0.1) is 0 Å². The monoisotopic (exact) mass is 645 g/mol. The van der Waals surface area contributed by atoms with Gasteiger partial charge < -0.3 is 14.8 Å². The zero-order valence-electron chi connectivity index (χ0n) is 24.9. The van der Waals surface area contributed by atoms with Gasteiger partial charge in [0.2, 0.25) is 5.96 Å². The van der Waals surface area contributed by atoms with Crippen LogP contribution in [-0.4, -0.2) is 39.3 Å². The van der Waals surface area contributed by atoms with Crippen molar-refractivity contribution < 1.29 is 40.2 Å². The van der Waals surface area contributed by atoms with Crippen LogP contribution >= 0.6 is 0 Å². The second kappa shape index (κ2) is 12.8. The van der Waals surface area contributed by atoms with Gasteiger partial charge in [-0.2, -0.15) is 21.6 Å². The number of guanidine groups is 1. The number of esters is 1. The summed E-state index contributed by atoms with van der Waals surface area (Å²) in [6, 6.07) is 13.7. The third-order valence-corrected chi connectivity index (χ3v) is 7.93. The number of aliphatic imine (C=N–C) groups is 1. The maximum Gasteiger partial charge on any atom is 0.416 e. The van der Waals surface area contributed by atoms with Crippen LogP contribution in [0.25, 0.3) is 11.1 Å². The minimum Gasteiger partial charge on any atom is -0.493 e. The Morgan fingerprint density at radius 1 is 1.04 bits per heavy atom. The minimum atomic E-state index is -4.60. The fourth-order valence-corrected chi connectivity index (χ4v) is 5.63. The second-order valence-corrected chi connectivity index (χ2v) is 12.8. The predicted octanol–water partition coefficient (Wildman–Crippen LogP) is 7.41. The van der Waals surface area contributed by atoms with Crippen LogP contribution in [-0.2, 0) is 20.9 Å². The Labute approximate surface area is 258 Å². The number of carbonyl (C=O) groups is 1. The first-order valence-electron chi connectivity index (χ1n) is 13.7. The Hall–Kier alpha value is -4.52. The molecule has 1 aliphatic rings. The van der Waals surface area contributed by atoms with Gasteiger partial charge in [0.15, 0.2) is 0 Å². The van der Waals surface area contributed by atoms with Crippen molar-refractivity contribution in [1.29, 1.82) is 0 Å². The fraction of sp³-hybridized carbons (Fsp3) is 0.281. The second-order valence-electron chi connectivity index (χ2n) is 11.2. The molecule has 0 radical (unpaired) electrons. The molecule has 238 valence electrons. The highest BCUT2D eigenvalue weighted by Gasteiger charge is 2.33. The van der Waals surface area contributed by atoms with Crippen LogP contribution < -0.4 is 10.1 Å². The predicted molar refractivity (Wildman–Crippen MR) is 163 cm³/mol. The van der Waals surface area contributed by atoms with Crippen molar-refractivity contribution in [2.75, 3.05) is 6.61 Å². The number of nitrogens with one attached hydrogen (secondary N) is 1. The topological polar surface area (TPSA) is 106 Å². The fourth-order valence-electron chi connectivity index (χ4n) is 4.69. The molecule has 1 heterocycles. The molecule has 45 heavy (non-hydrogen) atoms. The number of sulfonamides is 1. The number of halogens is 4. The first kappa shape index (κ1) is 33.4. The number of alkyl halides is 3. The summed E-state index contributed by atoms with van der Waals surface area (Å²) < 4.78 is 95.2. The minimum absolute atomic E-state index is 0.157. The molecule has 0 spiro atoms. The summed E-state index contributed by atoms with van der Waals surface area (Å²) >= 11 is 0. The van der Waals surface area contributed by atoms with Crippen molar-refractivity contribution in [3.05, 3.63) is 94.9 Å². The number of nitrogens with zero attached hydrogens (tertiary/aromatic N) is 2. The van der Waals surface area contributed by atoms with Crippen molar-refractivity contribution in [1.82, 2.24) is 5.32 Å². The van der Waals surface area contributed by atoms with Gasteiger partial charge in [0.1, 0.15) is 17.2 Å². The molecule has 1 aliphatic heterocycles. The first-order valence-corrected chi connectivity index (χ1v) is 15.1. The van der Waals surface area contributed by atoms with Gasteiger partial charge in [0, 0.05) is 23.7 Å². The summed E-state index contributed by atoms with van der Waals surface area (Å²) in [6.45, 7) is 9.72. The summed E-state index contributed by atoms with van der Waals surface area (Å²) in [6.07, 6.45) is -3.33. The Kier molecular flexibility index (Phi) is 9.52. The average Bonchev–Trinajstić information content (AvgIpc) is 2.97. The molecule has 0 unspecified atom stereocenters. The van der Waals surface area contributed by atoms with Crippen LogP contribution in [0.2, 0.25) is 0 Å². The third-order valence-electron chi connectivity index (χ3n) is 6.67. The van der Waals surface area contributed by atoms with Crippen LogP contribution in [0.1, 0.15) is 67.1 Å². The lowest BCUT2D eigenvalue weighted by Crippen LogP contribution is -2.23. The van der Waals surface area contributed by atoms with E-state index >= 15 is 0 Å². The van der Waals surface area contributed by atoms with E-state index in [1.165, 1.54) is 36.4 Å². The van der Waals surface area contributed by atoms with Gasteiger partial charge in [-0.25, -0.2) is 14.2 Å². The number of carbonyl (C=O) groups excluding carboxylic acids is 1. The van der Waals surface area contributed by atoms with E-state index in [-0.39, 0.29) is 22.8 Å². The molecule has 13 heteroatoms. The average molecular weight is 646 g/mol. The van der Waals surface area contributed by atoms with Crippen LogP contribution in [0.4, 0.5) is 17.6 Å². The molecule has 0 aromatic heterocycles. The smallest absolute Gasteiger partial charge is 0.416 e. The van der Waals surface area contributed by atoms with Crippen molar-refractivity contribution in [2.45, 2.75) is 56.7 Å². The van der Waals surface area contributed by atoms with E-state index in [0.29, 0.717) is 28.7 Å². The summed E-state index contributed by atoms with van der Waals surface area (Å²) in [4.78, 5) is 15.7. The molecule has 0 bridgehead atoms. The summed E-state index contributed by atoms with van der Waals surface area (Å²) in [7, 11) is -4.33. The van der Waals surface area contributed by atoms with Crippen LogP contribution in [0.15, 0.2) is 87.0 Å². The lowest BCUT2D eigenvalue weighted by molar-refractivity contribution is -0.137. The number of allylic oxidation sites excluding steroid dienone is 1. The molecular formula is C32H31F4N3O5S. The molecule has 0 saturated carbocycles. The highest BCUT2D eigenvalue weighted by Crippen LogP contribution is 2.44. The molecule has 0 aliphatic carbocycles. The number of hydrogen-bond acceptors (Lipinski definition) is 5. The van der Waals surface area contributed by atoms with Gasteiger partial charge in [0.25, 0.3) is 10.0 Å². The van der Waals surface area contributed by atoms with E-state index in [9.17, 15) is 30.8 Å². The molecule has 0 amide bonds. The molecule has 3 aromatic rings. The van der Waals surface area contributed by atoms with Crippen molar-refractivity contribution in [3.63, 3.8) is 0 Å².